The maximum atomic E-state index is 13.2. The molecule has 344 valence electrons. The van der Waals surface area contributed by atoms with Crippen LogP contribution < -0.4 is 5.32 Å². The molecule has 0 aromatic rings. The number of rotatable bonds is 43. The first-order chi connectivity index (χ1) is 29.5. The van der Waals surface area contributed by atoms with Gasteiger partial charge in [-0.25, -0.2) is 0 Å². The summed E-state index contributed by atoms with van der Waals surface area (Å²) in [5, 5.41) is 23.7. The van der Waals surface area contributed by atoms with E-state index in [1.807, 2.05) is 30.4 Å². The molecule has 0 spiro atoms. The van der Waals surface area contributed by atoms with Gasteiger partial charge in [-0.05, 0) is 77.0 Å². The lowest BCUT2D eigenvalue weighted by Crippen LogP contribution is -2.46. The Morgan fingerprint density at radius 1 is 0.517 bits per heavy atom. The van der Waals surface area contributed by atoms with E-state index in [4.69, 9.17) is 4.74 Å². The van der Waals surface area contributed by atoms with Crippen LogP contribution in [0.2, 0.25) is 0 Å². The van der Waals surface area contributed by atoms with Gasteiger partial charge < -0.3 is 20.3 Å². The number of ether oxygens (including phenoxy) is 1. The Labute approximate surface area is 370 Å². The summed E-state index contributed by atoms with van der Waals surface area (Å²) in [6.07, 6.45) is 60.8. The van der Waals surface area contributed by atoms with Crippen LogP contribution in [0.5, 0.6) is 0 Å². The fraction of sp³-hybridized carbons (Fsp3) is 0.704. The van der Waals surface area contributed by atoms with Crippen molar-refractivity contribution in [2.24, 2.45) is 0 Å². The zero-order valence-electron chi connectivity index (χ0n) is 39.1. The molecule has 0 saturated carbocycles. The number of hydrogen-bond donors (Lipinski definition) is 3. The number of carbonyl (C=O) groups is 2. The van der Waals surface area contributed by atoms with Crippen LogP contribution in [0.3, 0.4) is 0 Å². The lowest BCUT2D eigenvalue weighted by Gasteiger charge is -2.24. The molecule has 0 rings (SSSR count). The molecule has 0 aromatic heterocycles. The predicted octanol–water partition coefficient (Wildman–Crippen LogP) is 14.8. The van der Waals surface area contributed by atoms with E-state index in [2.05, 4.69) is 80.8 Å². The topological polar surface area (TPSA) is 95.9 Å². The number of carbonyl (C=O) groups excluding carboxylic acids is 2. The van der Waals surface area contributed by atoms with Crippen LogP contribution in [-0.4, -0.2) is 46.9 Å². The maximum absolute atomic E-state index is 13.2. The van der Waals surface area contributed by atoms with Gasteiger partial charge >= 0.3 is 5.97 Å². The minimum absolute atomic E-state index is 0.0313. The molecule has 3 unspecified atom stereocenters. The van der Waals surface area contributed by atoms with Gasteiger partial charge in [0.2, 0.25) is 5.91 Å². The second-order valence-corrected chi connectivity index (χ2v) is 16.5. The van der Waals surface area contributed by atoms with E-state index in [0.717, 1.165) is 89.9 Å². The van der Waals surface area contributed by atoms with Crippen molar-refractivity contribution in [2.45, 2.75) is 238 Å². The van der Waals surface area contributed by atoms with E-state index < -0.39 is 18.2 Å². The largest absolute Gasteiger partial charge is 0.462 e. The van der Waals surface area contributed by atoms with Crippen molar-refractivity contribution >= 4 is 11.9 Å². The summed E-state index contributed by atoms with van der Waals surface area (Å²) in [4.78, 5) is 26.1. The summed E-state index contributed by atoms with van der Waals surface area (Å²) in [5.41, 5.74) is 0. The number of esters is 1. The fourth-order valence-electron chi connectivity index (χ4n) is 7.10. The van der Waals surface area contributed by atoms with E-state index in [1.165, 1.54) is 83.5 Å². The third-order valence-electron chi connectivity index (χ3n) is 10.8. The molecule has 6 nitrogen and oxygen atoms in total. The zero-order valence-corrected chi connectivity index (χ0v) is 39.1. The Morgan fingerprint density at radius 2 is 0.983 bits per heavy atom. The van der Waals surface area contributed by atoms with E-state index in [9.17, 15) is 19.8 Å². The predicted molar refractivity (Wildman–Crippen MR) is 259 cm³/mol. The first-order valence-corrected chi connectivity index (χ1v) is 24.9. The van der Waals surface area contributed by atoms with Gasteiger partial charge in [0.1, 0.15) is 6.10 Å². The Morgan fingerprint density at radius 3 is 1.57 bits per heavy atom. The average molecular weight is 836 g/mol. The van der Waals surface area contributed by atoms with Crippen LogP contribution in [0.15, 0.2) is 85.1 Å². The number of nitrogens with one attached hydrogen (secondary N) is 1. The molecular weight excluding hydrogens is 743 g/mol. The molecule has 1 amide bonds. The highest BCUT2D eigenvalue weighted by Crippen LogP contribution is 2.17. The second-order valence-electron chi connectivity index (χ2n) is 16.5. The number of aliphatic hydroxyl groups excluding tert-OH is 2. The molecule has 0 saturated heterocycles. The van der Waals surface area contributed by atoms with Crippen LogP contribution >= 0.6 is 0 Å². The minimum Gasteiger partial charge on any atom is -0.462 e. The number of hydrogen-bond acceptors (Lipinski definition) is 5. The van der Waals surface area contributed by atoms with Crippen molar-refractivity contribution < 1.29 is 24.5 Å². The Bertz CT molecular complexity index is 1160. The molecule has 0 aliphatic heterocycles. The molecular formula is C54H93NO5. The Hall–Kier alpha value is -2.96. The third kappa shape index (κ3) is 41.8. The molecule has 3 N–H and O–H groups in total. The lowest BCUT2D eigenvalue weighted by atomic mass is 10.0. The van der Waals surface area contributed by atoms with Gasteiger partial charge in [-0.2, -0.15) is 0 Å². The lowest BCUT2D eigenvalue weighted by molar-refractivity contribution is -0.151. The first kappa shape index (κ1) is 57.0. The number of amides is 1. The van der Waals surface area contributed by atoms with Crippen molar-refractivity contribution in [1.29, 1.82) is 0 Å². The average Bonchev–Trinajstić information content (AvgIpc) is 3.24. The molecule has 0 bridgehead atoms. The molecule has 0 heterocycles. The summed E-state index contributed by atoms with van der Waals surface area (Å²) < 4.78 is 5.88. The van der Waals surface area contributed by atoms with Crippen LogP contribution in [0.25, 0.3) is 0 Å². The molecule has 60 heavy (non-hydrogen) atoms. The second kappa shape index (κ2) is 47.1. The SMILES string of the molecule is CC/C=C/C=C/C=C\C=C/CCCCCC(=O)OC(CCCC/C=C/C/C=C/C/C=C/CC)CC(=O)NC(CO)C(O)CCCCCCCCCCCCCCCCCC. The molecule has 0 radical (unpaired) electrons. The van der Waals surface area contributed by atoms with Gasteiger partial charge in [0, 0.05) is 6.42 Å². The van der Waals surface area contributed by atoms with Gasteiger partial charge in [0.25, 0.3) is 0 Å². The Kier molecular flexibility index (Phi) is 44.8. The van der Waals surface area contributed by atoms with Crippen LogP contribution in [0.1, 0.15) is 220 Å². The highest BCUT2D eigenvalue weighted by molar-refractivity contribution is 5.77. The molecule has 0 aliphatic carbocycles. The maximum Gasteiger partial charge on any atom is 0.306 e. The molecule has 0 aromatic carbocycles. The zero-order chi connectivity index (χ0) is 43.8. The number of aliphatic hydroxyl groups is 2. The summed E-state index contributed by atoms with van der Waals surface area (Å²) >= 11 is 0. The van der Waals surface area contributed by atoms with E-state index >= 15 is 0 Å². The monoisotopic (exact) mass is 836 g/mol. The molecule has 3 atom stereocenters. The smallest absolute Gasteiger partial charge is 0.306 e. The third-order valence-corrected chi connectivity index (χ3v) is 10.8. The van der Waals surface area contributed by atoms with Crippen molar-refractivity contribution in [3.63, 3.8) is 0 Å². The number of allylic oxidation sites excluding steroid dienone is 14. The van der Waals surface area contributed by atoms with Gasteiger partial charge in [-0.3, -0.25) is 9.59 Å². The van der Waals surface area contributed by atoms with E-state index in [1.54, 1.807) is 0 Å². The van der Waals surface area contributed by atoms with Gasteiger partial charge in [0.15, 0.2) is 0 Å². The summed E-state index contributed by atoms with van der Waals surface area (Å²) in [5.74, 6) is -0.565. The van der Waals surface area contributed by atoms with Gasteiger partial charge in [-0.15, -0.1) is 0 Å². The fourth-order valence-corrected chi connectivity index (χ4v) is 7.10. The first-order valence-electron chi connectivity index (χ1n) is 24.9. The molecule has 6 heteroatoms. The van der Waals surface area contributed by atoms with Crippen molar-refractivity contribution in [1.82, 2.24) is 5.32 Å². The van der Waals surface area contributed by atoms with Crippen molar-refractivity contribution in [2.75, 3.05) is 6.61 Å². The summed E-state index contributed by atoms with van der Waals surface area (Å²) in [7, 11) is 0. The van der Waals surface area contributed by atoms with Gasteiger partial charge in [-0.1, -0.05) is 215 Å². The molecule has 0 aliphatic rings. The van der Waals surface area contributed by atoms with Crippen molar-refractivity contribution in [3.05, 3.63) is 85.1 Å². The summed E-state index contributed by atoms with van der Waals surface area (Å²) in [6, 6.07) is -0.726. The molecule has 0 fully saturated rings. The van der Waals surface area contributed by atoms with E-state index in [0.29, 0.717) is 19.3 Å². The van der Waals surface area contributed by atoms with Crippen molar-refractivity contribution in [3.8, 4) is 0 Å². The minimum atomic E-state index is -0.809. The highest BCUT2D eigenvalue weighted by Gasteiger charge is 2.24. The van der Waals surface area contributed by atoms with Crippen LogP contribution in [-0.2, 0) is 14.3 Å². The van der Waals surface area contributed by atoms with Crippen LogP contribution in [0, 0.1) is 0 Å². The number of unbranched alkanes of at least 4 members (excludes halogenated alkanes) is 20. The summed E-state index contributed by atoms with van der Waals surface area (Å²) in [6.45, 7) is 6.20. The van der Waals surface area contributed by atoms with Crippen LogP contribution in [0.4, 0.5) is 0 Å². The van der Waals surface area contributed by atoms with E-state index in [-0.39, 0.29) is 24.9 Å². The normalized spacial score (nSPS) is 14.0. The standard InChI is InChI=1S/C54H93NO5/c1-4-7-10-13-16-19-22-25-26-27-29-31-34-37-40-43-46-52(57)51(49-56)55-53(58)48-50(45-42-39-36-33-30-24-21-18-15-12-9-6-3)60-54(59)47-44-41-38-35-32-28-23-20-17-14-11-8-5-2/h8-9,11-12,14,17-18,20-21,23,28,30,32-33,50-52,56-57H,4-7,10,13,15-16,19,22,24-27,29,31,34-49H2,1-3H3,(H,55,58)/b11-8+,12-9+,17-14+,21-18+,23-20-,32-28-,33-30+. The highest BCUT2D eigenvalue weighted by atomic mass is 16.5. The quantitative estimate of drug-likeness (QED) is 0.0246. The Balaban J connectivity index is 4.63. The van der Waals surface area contributed by atoms with Gasteiger partial charge in [0.05, 0.1) is 25.2 Å².